The molecule has 0 bridgehead atoms. The first-order chi connectivity index (χ1) is 8.63. The summed E-state index contributed by atoms with van der Waals surface area (Å²) in [6.07, 6.45) is 3.21. The highest BCUT2D eigenvalue weighted by Crippen LogP contribution is 2.36. The van der Waals surface area contributed by atoms with Crippen LogP contribution in [0.25, 0.3) is 0 Å². The Morgan fingerprint density at radius 3 is 2.39 bits per heavy atom. The summed E-state index contributed by atoms with van der Waals surface area (Å²) >= 11 is 0. The van der Waals surface area contributed by atoms with Crippen molar-refractivity contribution in [3.63, 3.8) is 0 Å². The molecule has 1 saturated carbocycles. The molecule has 18 heavy (non-hydrogen) atoms. The fourth-order valence-electron chi connectivity index (χ4n) is 2.91. The maximum Gasteiger partial charge on any atom is 0.143 e. The molecule has 1 fully saturated rings. The quantitative estimate of drug-likeness (QED) is 0.810. The van der Waals surface area contributed by atoms with Gasteiger partial charge in [-0.1, -0.05) is 32.4 Å². The molecule has 2 atom stereocenters. The maximum atomic E-state index is 12.5. The average Bonchev–Trinajstić information content (AvgIpc) is 2.39. The Bertz CT molecular complexity index is 406. The van der Waals surface area contributed by atoms with Crippen LogP contribution in [0.15, 0.2) is 24.3 Å². The van der Waals surface area contributed by atoms with Crippen molar-refractivity contribution in [2.45, 2.75) is 39.0 Å². The summed E-state index contributed by atoms with van der Waals surface area (Å²) in [7, 11) is 1.66. The summed E-state index contributed by atoms with van der Waals surface area (Å²) in [5.41, 5.74) is 1.14. The Hall–Kier alpha value is -1.31. The van der Waals surface area contributed by atoms with Gasteiger partial charge in [-0.3, -0.25) is 4.79 Å². The minimum absolute atomic E-state index is 0.0945. The summed E-state index contributed by atoms with van der Waals surface area (Å²) in [6.45, 7) is 4.30. The van der Waals surface area contributed by atoms with Gasteiger partial charge in [0, 0.05) is 11.8 Å². The Kier molecular flexibility index (Phi) is 4.05. The predicted octanol–water partition coefficient (Wildman–Crippen LogP) is 3.80. The third-order valence-electron chi connectivity index (χ3n) is 4.04. The fraction of sp³-hybridized carbons (Fsp3) is 0.562. The van der Waals surface area contributed by atoms with E-state index in [2.05, 4.69) is 13.8 Å². The van der Waals surface area contributed by atoms with Crippen molar-refractivity contribution in [2.24, 2.45) is 11.8 Å². The average molecular weight is 246 g/mol. The van der Waals surface area contributed by atoms with E-state index < -0.39 is 0 Å². The van der Waals surface area contributed by atoms with Crippen LogP contribution in [0, 0.1) is 11.8 Å². The van der Waals surface area contributed by atoms with Gasteiger partial charge < -0.3 is 4.74 Å². The summed E-state index contributed by atoms with van der Waals surface area (Å²) in [6, 6.07) is 7.96. The molecule has 0 aromatic heterocycles. The third kappa shape index (κ3) is 2.58. The zero-order chi connectivity index (χ0) is 13.1. The van der Waals surface area contributed by atoms with Crippen LogP contribution in [0.1, 0.15) is 44.6 Å². The summed E-state index contributed by atoms with van der Waals surface area (Å²) in [4.78, 5) is 12.5. The van der Waals surface area contributed by atoms with Crippen LogP contribution in [-0.2, 0) is 4.79 Å². The summed E-state index contributed by atoms with van der Waals surface area (Å²) in [5.74, 6) is 2.07. The zero-order valence-electron chi connectivity index (χ0n) is 11.5. The molecule has 0 amide bonds. The lowest BCUT2D eigenvalue weighted by Gasteiger charge is -2.30. The van der Waals surface area contributed by atoms with Crippen LogP contribution in [-0.4, -0.2) is 12.9 Å². The number of ether oxygens (including phenoxy) is 1. The number of carbonyl (C=O) groups excluding carboxylic acids is 1. The lowest BCUT2D eigenvalue weighted by atomic mass is 9.73. The topological polar surface area (TPSA) is 26.3 Å². The first-order valence-corrected chi connectivity index (χ1v) is 6.81. The lowest BCUT2D eigenvalue weighted by molar-refractivity contribution is -0.127. The van der Waals surface area contributed by atoms with Gasteiger partial charge in [0.05, 0.1) is 7.11 Å². The highest BCUT2D eigenvalue weighted by atomic mass is 16.5. The van der Waals surface area contributed by atoms with Gasteiger partial charge in [0.2, 0.25) is 0 Å². The van der Waals surface area contributed by atoms with Crippen LogP contribution in [0.4, 0.5) is 0 Å². The second-order valence-corrected chi connectivity index (χ2v) is 5.51. The zero-order valence-corrected chi connectivity index (χ0v) is 11.5. The highest BCUT2D eigenvalue weighted by molar-refractivity contribution is 5.88. The van der Waals surface area contributed by atoms with Crippen molar-refractivity contribution in [2.75, 3.05) is 7.11 Å². The highest BCUT2D eigenvalue weighted by Gasteiger charge is 2.33. The molecule has 2 nitrogen and oxygen atoms in total. The van der Waals surface area contributed by atoms with E-state index in [0.29, 0.717) is 11.7 Å². The molecule has 0 spiro atoms. The van der Waals surface area contributed by atoms with E-state index in [4.69, 9.17) is 4.74 Å². The van der Waals surface area contributed by atoms with E-state index in [9.17, 15) is 4.79 Å². The molecule has 0 aliphatic heterocycles. The minimum Gasteiger partial charge on any atom is -0.497 e. The second kappa shape index (κ2) is 5.55. The van der Waals surface area contributed by atoms with Crippen molar-refractivity contribution >= 4 is 5.78 Å². The summed E-state index contributed by atoms with van der Waals surface area (Å²) in [5, 5.41) is 0. The van der Waals surface area contributed by atoms with Crippen LogP contribution in [0.5, 0.6) is 5.75 Å². The van der Waals surface area contributed by atoms with Gasteiger partial charge in [-0.2, -0.15) is 0 Å². The number of ketones is 1. The number of hydrogen-bond donors (Lipinski definition) is 0. The molecule has 0 radical (unpaired) electrons. The standard InChI is InChI=1S/C16H22O2/c1-11(2)14-5-4-6-15(16(14)17)12-7-9-13(18-3)10-8-12/h7-11,14-15H,4-6H2,1-3H3. The van der Waals surface area contributed by atoms with Gasteiger partial charge in [0.15, 0.2) is 0 Å². The number of carbonyl (C=O) groups is 1. The Morgan fingerprint density at radius 1 is 1.17 bits per heavy atom. The molecule has 1 aromatic carbocycles. The number of benzene rings is 1. The van der Waals surface area contributed by atoms with E-state index in [1.54, 1.807) is 7.11 Å². The van der Waals surface area contributed by atoms with E-state index in [1.807, 2.05) is 24.3 Å². The Balaban J connectivity index is 2.18. The number of hydrogen-bond acceptors (Lipinski definition) is 2. The smallest absolute Gasteiger partial charge is 0.143 e. The summed E-state index contributed by atoms with van der Waals surface area (Å²) < 4.78 is 5.16. The van der Waals surface area contributed by atoms with Crippen molar-refractivity contribution in [3.05, 3.63) is 29.8 Å². The maximum absolute atomic E-state index is 12.5. The molecule has 1 aromatic rings. The largest absolute Gasteiger partial charge is 0.497 e. The van der Waals surface area contributed by atoms with Gasteiger partial charge in [-0.15, -0.1) is 0 Å². The number of Topliss-reactive ketones (excluding diaryl/α,β-unsaturated/α-hetero) is 1. The molecular weight excluding hydrogens is 224 g/mol. The van der Waals surface area contributed by atoms with Gasteiger partial charge >= 0.3 is 0 Å². The van der Waals surface area contributed by atoms with Crippen LogP contribution < -0.4 is 4.74 Å². The molecule has 0 saturated heterocycles. The van der Waals surface area contributed by atoms with Crippen molar-refractivity contribution in [1.29, 1.82) is 0 Å². The normalized spacial score (nSPS) is 24.3. The van der Waals surface area contributed by atoms with Crippen molar-refractivity contribution < 1.29 is 9.53 Å². The van der Waals surface area contributed by atoms with E-state index in [0.717, 1.165) is 30.6 Å². The lowest BCUT2D eigenvalue weighted by Crippen LogP contribution is -2.30. The van der Waals surface area contributed by atoms with Gasteiger partial charge in [-0.05, 0) is 36.5 Å². The van der Waals surface area contributed by atoms with Crippen LogP contribution in [0.3, 0.4) is 0 Å². The van der Waals surface area contributed by atoms with Gasteiger partial charge in [0.25, 0.3) is 0 Å². The number of methoxy groups -OCH3 is 1. The molecular formula is C16H22O2. The van der Waals surface area contributed by atoms with Crippen LogP contribution >= 0.6 is 0 Å². The molecule has 0 N–H and O–H groups in total. The van der Waals surface area contributed by atoms with Crippen molar-refractivity contribution in [1.82, 2.24) is 0 Å². The fourth-order valence-corrected chi connectivity index (χ4v) is 2.91. The molecule has 98 valence electrons. The van der Waals surface area contributed by atoms with E-state index in [1.165, 1.54) is 0 Å². The van der Waals surface area contributed by atoms with Gasteiger partial charge in [0.1, 0.15) is 11.5 Å². The molecule has 2 heteroatoms. The Morgan fingerprint density at radius 2 is 1.83 bits per heavy atom. The number of rotatable bonds is 3. The monoisotopic (exact) mass is 246 g/mol. The SMILES string of the molecule is COc1ccc(C2CCCC(C(C)C)C2=O)cc1. The first-order valence-electron chi connectivity index (χ1n) is 6.81. The first kappa shape index (κ1) is 13.1. The van der Waals surface area contributed by atoms with Crippen molar-refractivity contribution in [3.8, 4) is 5.75 Å². The van der Waals surface area contributed by atoms with Gasteiger partial charge in [-0.25, -0.2) is 0 Å². The third-order valence-corrected chi connectivity index (χ3v) is 4.04. The molecule has 2 unspecified atom stereocenters. The van der Waals surface area contributed by atoms with E-state index in [-0.39, 0.29) is 11.8 Å². The Labute approximate surface area is 109 Å². The van der Waals surface area contributed by atoms with Crippen LogP contribution in [0.2, 0.25) is 0 Å². The molecule has 0 heterocycles. The second-order valence-electron chi connectivity index (χ2n) is 5.51. The molecule has 1 aliphatic carbocycles. The minimum atomic E-state index is 0.0945. The van der Waals surface area contributed by atoms with E-state index >= 15 is 0 Å². The molecule has 1 aliphatic rings. The molecule has 2 rings (SSSR count). The predicted molar refractivity (Wildman–Crippen MR) is 72.9 cm³/mol.